The minimum Gasteiger partial charge on any atom is -0.344 e. The molecule has 1 N–H and O–H groups in total. The lowest BCUT2D eigenvalue weighted by Gasteiger charge is -2.19. The molecule has 138 valence electrons. The molecule has 7 nitrogen and oxygen atoms in total. The molecule has 0 aliphatic carbocycles. The van der Waals surface area contributed by atoms with Crippen molar-refractivity contribution in [2.45, 2.75) is 46.1 Å². The molecule has 1 aromatic heterocycles. The Hall–Kier alpha value is -2.70. The van der Waals surface area contributed by atoms with Crippen LogP contribution in [0.2, 0.25) is 0 Å². The molecule has 7 heteroatoms. The lowest BCUT2D eigenvalue weighted by molar-refractivity contribution is -0.127. The summed E-state index contributed by atoms with van der Waals surface area (Å²) in [5.41, 5.74) is 2.01. The predicted molar refractivity (Wildman–Crippen MR) is 96.6 cm³/mol. The van der Waals surface area contributed by atoms with E-state index in [0.29, 0.717) is 24.2 Å². The van der Waals surface area contributed by atoms with Crippen LogP contribution < -0.4 is 10.2 Å². The third-order valence-electron chi connectivity index (χ3n) is 4.62. The Labute approximate surface area is 152 Å². The molecule has 2 amide bonds. The third kappa shape index (κ3) is 3.76. The Morgan fingerprint density at radius 1 is 1.35 bits per heavy atom. The molecule has 1 fully saturated rings. The number of carbonyl (C=O) groups excluding carboxylic acids is 2. The molecule has 0 spiro atoms. The molecule has 1 aliphatic heterocycles. The van der Waals surface area contributed by atoms with Crippen LogP contribution in [0.4, 0.5) is 5.69 Å². The summed E-state index contributed by atoms with van der Waals surface area (Å²) in [6.07, 6.45) is 0.202. The van der Waals surface area contributed by atoms with Gasteiger partial charge in [-0.15, -0.1) is 0 Å². The van der Waals surface area contributed by atoms with Crippen LogP contribution in [0.1, 0.15) is 56.4 Å². The molecule has 2 atom stereocenters. The van der Waals surface area contributed by atoms with Crippen molar-refractivity contribution in [3.05, 3.63) is 41.5 Å². The topological polar surface area (TPSA) is 88.3 Å². The SMILES string of the molecule is Cc1noc(C(C)NC(=O)C2CC(=O)N(c3cccc(C(C)C)c3)C2)n1. The second-order valence-corrected chi connectivity index (χ2v) is 7.07. The number of benzene rings is 1. The first-order chi connectivity index (χ1) is 12.3. The zero-order chi connectivity index (χ0) is 18.8. The number of carbonyl (C=O) groups is 2. The molecule has 26 heavy (non-hydrogen) atoms. The van der Waals surface area contributed by atoms with E-state index in [1.807, 2.05) is 24.3 Å². The highest BCUT2D eigenvalue weighted by molar-refractivity contribution is 6.00. The fourth-order valence-electron chi connectivity index (χ4n) is 3.07. The smallest absolute Gasteiger partial charge is 0.248 e. The van der Waals surface area contributed by atoms with Crippen molar-refractivity contribution in [1.82, 2.24) is 15.5 Å². The fraction of sp³-hybridized carbons (Fsp3) is 0.474. The molecule has 2 aromatic rings. The summed E-state index contributed by atoms with van der Waals surface area (Å²) in [7, 11) is 0. The van der Waals surface area contributed by atoms with Crippen molar-refractivity contribution in [3.63, 3.8) is 0 Å². The van der Waals surface area contributed by atoms with Crippen LogP contribution in [0.3, 0.4) is 0 Å². The minimum atomic E-state index is -0.392. The molecule has 1 saturated heterocycles. The number of anilines is 1. The summed E-state index contributed by atoms with van der Waals surface area (Å²) in [6, 6.07) is 7.54. The first-order valence-electron chi connectivity index (χ1n) is 8.86. The standard InChI is InChI=1S/C19H24N4O3/c1-11(2)14-6-5-7-16(8-14)23-10-15(9-17(23)24)18(25)20-12(3)19-21-13(4)22-26-19/h5-8,11-12,15H,9-10H2,1-4H3,(H,20,25). The summed E-state index contributed by atoms with van der Waals surface area (Å²) < 4.78 is 5.08. The van der Waals surface area contributed by atoms with E-state index in [0.717, 1.165) is 5.69 Å². The van der Waals surface area contributed by atoms with E-state index in [-0.39, 0.29) is 18.2 Å². The zero-order valence-electron chi connectivity index (χ0n) is 15.5. The van der Waals surface area contributed by atoms with Gasteiger partial charge in [0.2, 0.25) is 17.7 Å². The van der Waals surface area contributed by atoms with Gasteiger partial charge in [0, 0.05) is 18.7 Å². The van der Waals surface area contributed by atoms with E-state index in [2.05, 4.69) is 29.3 Å². The van der Waals surface area contributed by atoms with Gasteiger partial charge >= 0.3 is 0 Å². The van der Waals surface area contributed by atoms with Gasteiger partial charge < -0.3 is 14.7 Å². The van der Waals surface area contributed by atoms with E-state index in [1.165, 1.54) is 5.56 Å². The predicted octanol–water partition coefficient (Wildman–Crippen LogP) is 2.73. The minimum absolute atomic E-state index is 0.0349. The van der Waals surface area contributed by atoms with Crippen LogP contribution in [-0.2, 0) is 9.59 Å². The number of rotatable bonds is 5. The van der Waals surface area contributed by atoms with Gasteiger partial charge in [0.1, 0.15) is 6.04 Å². The Kier molecular flexibility index (Phi) is 5.06. The Bertz CT molecular complexity index is 815. The van der Waals surface area contributed by atoms with Crippen molar-refractivity contribution in [2.75, 3.05) is 11.4 Å². The molecule has 3 rings (SSSR count). The van der Waals surface area contributed by atoms with Crippen LogP contribution in [-0.4, -0.2) is 28.5 Å². The van der Waals surface area contributed by atoms with Gasteiger partial charge in [0.15, 0.2) is 5.82 Å². The number of amides is 2. The number of aryl methyl sites for hydroxylation is 1. The number of nitrogens with zero attached hydrogens (tertiary/aromatic N) is 3. The number of nitrogens with one attached hydrogen (secondary N) is 1. The molecular formula is C19H24N4O3. The number of hydrogen-bond acceptors (Lipinski definition) is 5. The Balaban J connectivity index is 1.67. The van der Waals surface area contributed by atoms with E-state index in [4.69, 9.17) is 4.52 Å². The molecule has 2 unspecified atom stereocenters. The maximum Gasteiger partial charge on any atom is 0.248 e. The van der Waals surface area contributed by atoms with Crippen molar-refractivity contribution >= 4 is 17.5 Å². The van der Waals surface area contributed by atoms with Crippen LogP contribution >= 0.6 is 0 Å². The monoisotopic (exact) mass is 356 g/mol. The highest BCUT2D eigenvalue weighted by Gasteiger charge is 2.36. The molecule has 0 radical (unpaired) electrons. The van der Waals surface area contributed by atoms with Crippen molar-refractivity contribution in [1.29, 1.82) is 0 Å². The lowest BCUT2D eigenvalue weighted by atomic mass is 10.0. The summed E-state index contributed by atoms with van der Waals surface area (Å²) in [5.74, 6) is 0.661. The van der Waals surface area contributed by atoms with Crippen molar-refractivity contribution < 1.29 is 14.1 Å². The normalized spacial score (nSPS) is 18.4. The second kappa shape index (κ2) is 7.27. The summed E-state index contributed by atoms with van der Waals surface area (Å²) in [4.78, 5) is 30.8. The average Bonchev–Trinajstić information content (AvgIpc) is 3.21. The average molecular weight is 356 g/mol. The second-order valence-electron chi connectivity index (χ2n) is 7.07. The maximum atomic E-state index is 12.6. The lowest BCUT2D eigenvalue weighted by Crippen LogP contribution is -2.34. The van der Waals surface area contributed by atoms with Crippen LogP contribution in [0.5, 0.6) is 0 Å². The third-order valence-corrected chi connectivity index (χ3v) is 4.62. The van der Waals surface area contributed by atoms with Crippen molar-refractivity contribution in [2.24, 2.45) is 5.92 Å². The Morgan fingerprint density at radius 3 is 2.77 bits per heavy atom. The summed E-state index contributed by atoms with van der Waals surface area (Å²) in [5, 5.41) is 6.59. The van der Waals surface area contributed by atoms with Gasteiger partial charge in [0.25, 0.3) is 0 Å². The zero-order valence-corrected chi connectivity index (χ0v) is 15.5. The van der Waals surface area contributed by atoms with Crippen LogP contribution in [0, 0.1) is 12.8 Å². The van der Waals surface area contributed by atoms with Gasteiger partial charge in [-0.05, 0) is 37.5 Å². The van der Waals surface area contributed by atoms with Gasteiger partial charge in [-0.2, -0.15) is 4.98 Å². The quantitative estimate of drug-likeness (QED) is 0.890. The summed E-state index contributed by atoms with van der Waals surface area (Å²) in [6.45, 7) is 8.11. The molecule has 0 bridgehead atoms. The Morgan fingerprint density at radius 2 is 2.12 bits per heavy atom. The largest absolute Gasteiger partial charge is 0.344 e. The molecule has 1 aromatic carbocycles. The van der Waals surface area contributed by atoms with Crippen LogP contribution in [0.15, 0.2) is 28.8 Å². The van der Waals surface area contributed by atoms with E-state index in [9.17, 15) is 9.59 Å². The molecule has 1 aliphatic rings. The van der Waals surface area contributed by atoms with Crippen LogP contribution in [0.25, 0.3) is 0 Å². The van der Waals surface area contributed by atoms with Gasteiger partial charge in [-0.25, -0.2) is 0 Å². The van der Waals surface area contributed by atoms with E-state index >= 15 is 0 Å². The highest BCUT2D eigenvalue weighted by Crippen LogP contribution is 2.28. The number of hydrogen-bond donors (Lipinski definition) is 1. The van der Waals surface area contributed by atoms with Gasteiger partial charge in [-0.1, -0.05) is 31.1 Å². The first kappa shape index (κ1) is 18.1. The molecule has 0 saturated carbocycles. The highest BCUT2D eigenvalue weighted by atomic mass is 16.5. The fourth-order valence-corrected chi connectivity index (χ4v) is 3.07. The summed E-state index contributed by atoms with van der Waals surface area (Å²) >= 11 is 0. The molecule has 2 heterocycles. The van der Waals surface area contributed by atoms with Crippen molar-refractivity contribution in [3.8, 4) is 0 Å². The van der Waals surface area contributed by atoms with Gasteiger partial charge in [-0.3, -0.25) is 9.59 Å². The number of aromatic nitrogens is 2. The first-order valence-corrected chi connectivity index (χ1v) is 8.86. The molecular weight excluding hydrogens is 332 g/mol. The maximum absolute atomic E-state index is 12.6. The van der Waals surface area contributed by atoms with E-state index < -0.39 is 12.0 Å². The van der Waals surface area contributed by atoms with Gasteiger partial charge in [0.05, 0.1) is 5.92 Å². The van der Waals surface area contributed by atoms with E-state index in [1.54, 1.807) is 18.7 Å².